The molecule has 0 aliphatic carbocycles. The number of urea groups is 2. The van der Waals surface area contributed by atoms with Crippen LogP contribution >= 0.6 is 0 Å². The predicted octanol–water partition coefficient (Wildman–Crippen LogP) is -0.844. The van der Waals surface area contributed by atoms with Crippen LogP contribution in [0.5, 0.6) is 0 Å². The van der Waals surface area contributed by atoms with Crippen molar-refractivity contribution in [2.75, 3.05) is 6.67 Å². The summed E-state index contributed by atoms with van der Waals surface area (Å²) in [6.45, 7) is -0.273. The Hall–Kier alpha value is -1.46. The van der Waals surface area contributed by atoms with Gasteiger partial charge in [0.05, 0.1) is 0 Å². The molecule has 0 aromatic heterocycles. The molecular weight excluding hydrogens is 126 g/mol. The number of imide groups is 1. The van der Waals surface area contributed by atoms with Crippen LogP contribution in [-0.2, 0) is 0 Å². The van der Waals surface area contributed by atoms with E-state index in [1.807, 2.05) is 0 Å². The maximum Gasteiger partial charge on any atom is 0.540 e. The number of hydrogen-bond donors (Lipinski definition) is 2. The Balaban J connectivity index is 2.64. The molecule has 1 aliphatic rings. The van der Waals surface area contributed by atoms with Gasteiger partial charge in [-0.1, -0.05) is 4.91 Å². The van der Waals surface area contributed by atoms with Gasteiger partial charge in [-0.15, -0.1) is 0 Å². The fraction of sp³-hybridized carbons (Fsp3) is 0.333. The topological polar surface area (TPSA) is 78.3 Å². The summed E-state index contributed by atoms with van der Waals surface area (Å²) < 4.78 is 0.112. The van der Waals surface area contributed by atoms with Gasteiger partial charge in [-0.2, -0.15) is 10.1 Å². The summed E-state index contributed by atoms with van der Waals surface area (Å²) in [6.07, 6.45) is 0. The Labute approximate surface area is 49.8 Å². The van der Waals surface area contributed by atoms with Gasteiger partial charge in [0.2, 0.25) is 6.67 Å². The Morgan fingerprint density at radius 2 is 2.11 bits per heavy atom. The summed E-state index contributed by atoms with van der Waals surface area (Å²) in [5.41, 5.74) is 0. The van der Waals surface area contributed by atoms with Crippen LogP contribution in [0.2, 0.25) is 0 Å². The van der Waals surface area contributed by atoms with E-state index < -0.39 is 12.1 Å². The van der Waals surface area contributed by atoms with Crippen molar-refractivity contribution >= 4 is 12.1 Å². The minimum Gasteiger partial charge on any atom is -0.278 e. The molecule has 1 fully saturated rings. The smallest absolute Gasteiger partial charge is 0.278 e. The van der Waals surface area contributed by atoms with Gasteiger partial charge in [-0.05, 0) is 0 Å². The molecule has 1 rings (SSSR count). The summed E-state index contributed by atoms with van der Waals surface area (Å²) in [4.78, 5) is 30.7. The molecule has 1 aliphatic heterocycles. The lowest BCUT2D eigenvalue weighted by Gasteiger charge is -2.02. The summed E-state index contributed by atoms with van der Waals surface area (Å²) in [5.74, 6) is 0. The maximum atomic E-state index is 10.2. The van der Waals surface area contributed by atoms with Crippen LogP contribution in [0.25, 0.3) is 0 Å². The third-order valence-electron chi connectivity index (χ3n) is 0.830. The van der Waals surface area contributed by atoms with E-state index in [0.29, 0.717) is 0 Å². The summed E-state index contributed by atoms with van der Waals surface area (Å²) in [7, 11) is 0. The second-order valence-electron chi connectivity index (χ2n) is 1.47. The van der Waals surface area contributed by atoms with Crippen LogP contribution < -0.4 is 10.6 Å². The van der Waals surface area contributed by atoms with E-state index in [2.05, 4.69) is 5.32 Å². The van der Waals surface area contributed by atoms with Crippen molar-refractivity contribution in [2.45, 2.75) is 0 Å². The summed E-state index contributed by atoms with van der Waals surface area (Å²) in [5, 5.41) is 3.86. The van der Waals surface area contributed by atoms with E-state index in [4.69, 9.17) is 0 Å². The lowest BCUT2D eigenvalue weighted by molar-refractivity contribution is -0.457. The molecule has 0 unspecified atom stereocenters. The van der Waals surface area contributed by atoms with Crippen molar-refractivity contribution in [3.8, 4) is 0 Å². The highest BCUT2D eigenvalue weighted by atomic mass is 16.3. The monoisotopic (exact) mass is 130 g/mol. The number of hydrogen-bond acceptors (Lipinski definition) is 3. The zero-order valence-electron chi connectivity index (χ0n) is 4.38. The Morgan fingerprint density at radius 1 is 1.44 bits per heavy atom. The molecule has 0 radical (unpaired) electrons. The number of carbonyl (C=O) groups excluding carboxylic acids is 2. The number of amides is 4. The Kier molecular flexibility index (Phi) is 1.14. The van der Waals surface area contributed by atoms with Crippen molar-refractivity contribution in [1.82, 2.24) is 10.6 Å². The first kappa shape index (κ1) is 5.67. The van der Waals surface area contributed by atoms with Gasteiger partial charge in [0.15, 0.2) is 0 Å². The zero-order chi connectivity index (χ0) is 6.85. The standard InChI is InChI=1S/C3H3N3O3/c7-2-4-1-6(9)3(8)5-2/h1H2,(H-,4,5,7,8)/p+1. The predicted molar refractivity (Wildman–Crippen MR) is 25.6 cm³/mol. The lowest BCUT2D eigenvalue weighted by atomic mass is 10.7. The second kappa shape index (κ2) is 1.81. The van der Waals surface area contributed by atoms with Crippen LogP contribution in [0.15, 0.2) is 0 Å². The molecule has 9 heavy (non-hydrogen) atoms. The van der Waals surface area contributed by atoms with Gasteiger partial charge in [0, 0.05) is 4.76 Å². The molecule has 2 N–H and O–H groups in total. The van der Waals surface area contributed by atoms with E-state index in [1.54, 1.807) is 5.32 Å². The highest BCUT2D eigenvalue weighted by molar-refractivity contribution is 5.90. The van der Waals surface area contributed by atoms with E-state index in [-0.39, 0.29) is 11.4 Å². The molecule has 1 saturated heterocycles. The number of rotatable bonds is 0. The first-order chi connectivity index (χ1) is 4.20. The Morgan fingerprint density at radius 3 is 2.56 bits per heavy atom. The average molecular weight is 130 g/mol. The molecule has 0 bridgehead atoms. The number of nitrogens with one attached hydrogen (secondary N) is 2. The molecule has 0 atom stereocenters. The first-order valence-corrected chi connectivity index (χ1v) is 2.23. The van der Waals surface area contributed by atoms with Gasteiger partial charge >= 0.3 is 12.1 Å². The summed E-state index contributed by atoms with van der Waals surface area (Å²) >= 11 is 0. The number of nitrogens with zero attached hydrogens (tertiary/aromatic N) is 1. The SMILES string of the molecule is O=C1NC[N+](=O)C(=O)N1. The largest absolute Gasteiger partial charge is 0.540 e. The van der Waals surface area contributed by atoms with E-state index in [0.717, 1.165) is 0 Å². The Bertz CT molecular complexity index is 187. The van der Waals surface area contributed by atoms with Crippen molar-refractivity contribution in [2.24, 2.45) is 0 Å². The van der Waals surface area contributed by atoms with Crippen LogP contribution in [0, 0.1) is 4.91 Å². The highest BCUT2D eigenvalue weighted by Crippen LogP contribution is 1.80. The molecular formula is C3H4N3O3+. The lowest BCUT2D eigenvalue weighted by Crippen LogP contribution is -2.52. The fourth-order valence-electron chi connectivity index (χ4n) is 0.419. The molecule has 0 aromatic rings. The normalized spacial score (nSPS) is 18.9. The molecule has 6 heteroatoms. The average Bonchev–Trinajstić information content (AvgIpc) is 1.80. The second-order valence-corrected chi connectivity index (χ2v) is 1.47. The third kappa shape index (κ3) is 1.01. The molecule has 48 valence electrons. The van der Waals surface area contributed by atoms with Crippen LogP contribution in [-0.4, -0.2) is 23.5 Å². The maximum absolute atomic E-state index is 10.2. The minimum absolute atomic E-state index is 0.112. The first-order valence-electron chi connectivity index (χ1n) is 2.23. The van der Waals surface area contributed by atoms with Gasteiger partial charge in [-0.3, -0.25) is 5.32 Å². The van der Waals surface area contributed by atoms with Gasteiger partial charge in [0.1, 0.15) is 0 Å². The van der Waals surface area contributed by atoms with Crippen molar-refractivity contribution in [1.29, 1.82) is 0 Å². The van der Waals surface area contributed by atoms with E-state index in [1.165, 1.54) is 0 Å². The van der Waals surface area contributed by atoms with Crippen LogP contribution in [0.3, 0.4) is 0 Å². The molecule has 0 spiro atoms. The molecule has 0 saturated carbocycles. The number of carbonyl (C=O) groups is 2. The minimum atomic E-state index is -0.918. The zero-order valence-corrected chi connectivity index (χ0v) is 4.38. The molecule has 6 nitrogen and oxygen atoms in total. The molecule has 1 heterocycles. The van der Waals surface area contributed by atoms with Gasteiger partial charge < -0.3 is 0 Å². The van der Waals surface area contributed by atoms with E-state index >= 15 is 0 Å². The van der Waals surface area contributed by atoms with Crippen molar-refractivity contribution in [3.63, 3.8) is 0 Å². The highest BCUT2D eigenvalue weighted by Gasteiger charge is 2.29. The quantitative estimate of drug-likeness (QED) is 0.419. The van der Waals surface area contributed by atoms with E-state index in [9.17, 15) is 14.5 Å². The van der Waals surface area contributed by atoms with Gasteiger partial charge in [-0.25, -0.2) is 4.79 Å². The fourth-order valence-corrected chi connectivity index (χ4v) is 0.419. The van der Waals surface area contributed by atoms with Crippen molar-refractivity contribution in [3.05, 3.63) is 4.91 Å². The third-order valence-corrected chi connectivity index (χ3v) is 0.830. The van der Waals surface area contributed by atoms with Crippen LogP contribution in [0.1, 0.15) is 0 Å². The molecule has 0 aromatic carbocycles. The van der Waals surface area contributed by atoms with Gasteiger partial charge in [0.25, 0.3) is 0 Å². The number of nitroso groups, excluding NO2 is 1. The van der Waals surface area contributed by atoms with Crippen LogP contribution in [0.4, 0.5) is 9.59 Å². The molecule has 4 amide bonds. The van der Waals surface area contributed by atoms with Crippen molar-refractivity contribution < 1.29 is 14.3 Å². The summed E-state index contributed by atoms with van der Waals surface area (Å²) in [6, 6.07) is -1.55.